The Morgan fingerprint density at radius 3 is 2.87 bits per heavy atom. The first-order valence-corrected chi connectivity index (χ1v) is 8.18. The molecule has 124 valence electrons. The summed E-state index contributed by atoms with van der Waals surface area (Å²) in [6.45, 7) is 3.46. The Morgan fingerprint density at radius 1 is 1.35 bits per heavy atom. The molecule has 0 aliphatic carbocycles. The number of aliphatic hydroxyl groups is 1. The molecule has 1 saturated heterocycles. The standard InChI is InChI=1S/C17H22FN3O2/c1-2-15(22)14-5-3-4-10-21(14)11-16-19-17(20-23-16)12-6-8-13(18)9-7-12/h6-9,14-15,22H,2-5,10-11H2,1H3. The third kappa shape index (κ3) is 3.76. The Hall–Kier alpha value is -1.79. The van der Waals surface area contributed by atoms with Gasteiger partial charge in [0.05, 0.1) is 12.6 Å². The van der Waals surface area contributed by atoms with Crippen LogP contribution in [0.5, 0.6) is 0 Å². The molecule has 1 fully saturated rings. The quantitative estimate of drug-likeness (QED) is 0.918. The third-order valence-electron chi connectivity index (χ3n) is 4.44. The van der Waals surface area contributed by atoms with Crippen molar-refractivity contribution in [3.8, 4) is 11.4 Å². The minimum Gasteiger partial charge on any atom is -0.392 e. The molecule has 2 unspecified atom stereocenters. The average Bonchev–Trinajstić information content (AvgIpc) is 3.04. The average molecular weight is 319 g/mol. The van der Waals surface area contributed by atoms with Crippen LogP contribution < -0.4 is 0 Å². The fourth-order valence-corrected chi connectivity index (χ4v) is 3.13. The molecule has 1 aliphatic rings. The van der Waals surface area contributed by atoms with Crippen molar-refractivity contribution in [1.82, 2.24) is 15.0 Å². The number of piperidine rings is 1. The van der Waals surface area contributed by atoms with Crippen molar-refractivity contribution in [3.63, 3.8) is 0 Å². The molecule has 2 aromatic rings. The number of aromatic nitrogens is 2. The van der Waals surface area contributed by atoms with Crippen molar-refractivity contribution in [2.45, 2.75) is 51.3 Å². The van der Waals surface area contributed by atoms with Crippen LogP contribution in [0.3, 0.4) is 0 Å². The van der Waals surface area contributed by atoms with Gasteiger partial charge >= 0.3 is 0 Å². The molecule has 1 N–H and O–H groups in total. The predicted molar refractivity (Wildman–Crippen MR) is 84.0 cm³/mol. The van der Waals surface area contributed by atoms with Crippen LogP contribution in [0.4, 0.5) is 4.39 Å². The smallest absolute Gasteiger partial charge is 0.241 e. The van der Waals surface area contributed by atoms with Crippen molar-refractivity contribution in [3.05, 3.63) is 36.0 Å². The van der Waals surface area contributed by atoms with E-state index in [0.717, 1.165) is 37.8 Å². The lowest BCUT2D eigenvalue weighted by atomic mass is 9.96. The van der Waals surface area contributed by atoms with E-state index in [-0.39, 0.29) is 18.0 Å². The molecule has 1 aromatic heterocycles. The van der Waals surface area contributed by atoms with Crippen molar-refractivity contribution >= 4 is 0 Å². The van der Waals surface area contributed by atoms with Crippen LogP contribution in [-0.2, 0) is 6.54 Å². The molecule has 23 heavy (non-hydrogen) atoms. The first-order valence-electron chi connectivity index (χ1n) is 8.18. The number of likely N-dealkylation sites (tertiary alicyclic amines) is 1. The number of benzene rings is 1. The largest absolute Gasteiger partial charge is 0.392 e. The molecular formula is C17H22FN3O2. The van der Waals surface area contributed by atoms with E-state index in [1.165, 1.54) is 12.1 Å². The molecule has 2 heterocycles. The van der Waals surface area contributed by atoms with Gasteiger partial charge < -0.3 is 9.63 Å². The van der Waals surface area contributed by atoms with Gasteiger partial charge in [-0.2, -0.15) is 4.98 Å². The van der Waals surface area contributed by atoms with Crippen LogP contribution in [0.15, 0.2) is 28.8 Å². The Morgan fingerprint density at radius 2 is 2.13 bits per heavy atom. The molecule has 0 spiro atoms. The fraction of sp³-hybridized carbons (Fsp3) is 0.529. The number of halogens is 1. The van der Waals surface area contributed by atoms with E-state index < -0.39 is 0 Å². The Labute approximate surface area is 135 Å². The van der Waals surface area contributed by atoms with Gasteiger partial charge in [0.15, 0.2) is 0 Å². The van der Waals surface area contributed by atoms with Crippen LogP contribution in [0.2, 0.25) is 0 Å². The molecule has 0 radical (unpaired) electrons. The van der Waals surface area contributed by atoms with Gasteiger partial charge in [-0.1, -0.05) is 18.5 Å². The molecule has 0 amide bonds. The highest BCUT2D eigenvalue weighted by molar-refractivity contribution is 5.53. The topological polar surface area (TPSA) is 62.4 Å². The van der Waals surface area contributed by atoms with E-state index in [9.17, 15) is 9.50 Å². The zero-order valence-electron chi connectivity index (χ0n) is 13.3. The van der Waals surface area contributed by atoms with E-state index in [2.05, 4.69) is 15.0 Å². The maximum atomic E-state index is 13.0. The zero-order valence-corrected chi connectivity index (χ0v) is 13.3. The van der Waals surface area contributed by atoms with Crippen LogP contribution in [-0.4, -0.2) is 38.8 Å². The monoisotopic (exact) mass is 319 g/mol. The summed E-state index contributed by atoms with van der Waals surface area (Å²) in [5.74, 6) is 0.700. The summed E-state index contributed by atoms with van der Waals surface area (Å²) in [7, 11) is 0. The minimum absolute atomic E-state index is 0.148. The molecule has 5 nitrogen and oxygen atoms in total. The highest BCUT2D eigenvalue weighted by Crippen LogP contribution is 2.24. The van der Waals surface area contributed by atoms with Gasteiger partial charge in [0.1, 0.15) is 5.82 Å². The fourth-order valence-electron chi connectivity index (χ4n) is 3.13. The minimum atomic E-state index is -0.324. The van der Waals surface area contributed by atoms with Gasteiger partial charge in [0.2, 0.25) is 11.7 Å². The van der Waals surface area contributed by atoms with Gasteiger partial charge in [-0.3, -0.25) is 4.90 Å². The number of nitrogens with zero attached hydrogens (tertiary/aromatic N) is 3. The second-order valence-corrected chi connectivity index (χ2v) is 6.03. The van der Waals surface area contributed by atoms with Gasteiger partial charge in [-0.15, -0.1) is 0 Å². The molecule has 2 atom stereocenters. The van der Waals surface area contributed by atoms with Gasteiger partial charge in [0, 0.05) is 11.6 Å². The molecule has 6 heteroatoms. The summed E-state index contributed by atoms with van der Waals surface area (Å²) in [6.07, 6.45) is 3.67. The summed E-state index contributed by atoms with van der Waals surface area (Å²) >= 11 is 0. The van der Waals surface area contributed by atoms with Crippen molar-refractivity contribution in [1.29, 1.82) is 0 Å². The normalized spacial score (nSPS) is 20.6. The molecular weight excluding hydrogens is 297 g/mol. The van der Waals surface area contributed by atoms with E-state index in [1.807, 2.05) is 6.92 Å². The third-order valence-corrected chi connectivity index (χ3v) is 4.44. The number of hydrogen-bond acceptors (Lipinski definition) is 5. The first-order chi connectivity index (χ1) is 11.2. The van der Waals surface area contributed by atoms with Crippen molar-refractivity contribution < 1.29 is 14.0 Å². The lowest BCUT2D eigenvalue weighted by Gasteiger charge is -2.37. The number of rotatable bonds is 5. The number of aliphatic hydroxyl groups excluding tert-OH is 1. The first kappa shape index (κ1) is 16.1. The van der Waals surface area contributed by atoms with Crippen molar-refractivity contribution in [2.24, 2.45) is 0 Å². The highest BCUT2D eigenvalue weighted by atomic mass is 19.1. The Balaban J connectivity index is 1.71. The van der Waals surface area contributed by atoms with Gasteiger partial charge in [-0.05, 0) is 50.1 Å². The summed E-state index contributed by atoms with van der Waals surface area (Å²) < 4.78 is 18.3. The van der Waals surface area contributed by atoms with Crippen LogP contribution in [0.25, 0.3) is 11.4 Å². The molecule has 0 saturated carbocycles. The predicted octanol–water partition coefficient (Wildman–Crippen LogP) is 3.00. The van der Waals surface area contributed by atoms with Crippen LogP contribution in [0, 0.1) is 5.82 Å². The van der Waals surface area contributed by atoms with Crippen molar-refractivity contribution in [2.75, 3.05) is 6.54 Å². The number of hydrogen-bond donors (Lipinski definition) is 1. The van der Waals surface area contributed by atoms with E-state index in [4.69, 9.17) is 4.52 Å². The molecule has 1 aliphatic heterocycles. The Kier molecular flexibility index (Phi) is 5.03. The zero-order chi connectivity index (χ0) is 16.2. The van der Waals surface area contributed by atoms with Gasteiger partial charge in [-0.25, -0.2) is 4.39 Å². The SMILES string of the molecule is CCC(O)C1CCCCN1Cc1nc(-c2ccc(F)cc2)no1. The van der Waals surface area contributed by atoms with Gasteiger partial charge in [0.25, 0.3) is 0 Å². The summed E-state index contributed by atoms with van der Waals surface area (Å²) in [4.78, 5) is 6.62. The maximum Gasteiger partial charge on any atom is 0.241 e. The maximum absolute atomic E-state index is 13.0. The summed E-state index contributed by atoms with van der Waals surface area (Å²) in [5, 5.41) is 14.2. The van der Waals surface area contributed by atoms with Crippen LogP contribution in [0.1, 0.15) is 38.5 Å². The van der Waals surface area contributed by atoms with E-state index in [1.54, 1.807) is 12.1 Å². The lowest BCUT2D eigenvalue weighted by Crippen LogP contribution is -2.46. The van der Waals surface area contributed by atoms with Crippen LogP contribution >= 0.6 is 0 Å². The molecule has 3 rings (SSSR count). The second-order valence-electron chi connectivity index (χ2n) is 6.03. The Bertz CT molecular complexity index is 629. The van der Waals surface area contributed by atoms with E-state index in [0.29, 0.717) is 18.3 Å². The highest BCUT2D eigenvalue weighted by Gasteiger charge is 2.29. The summed E-state index contributed by atoms with van der Waals surface area (Å²) in [6, 6.07) is 6.17. The molecule has 1 aromatic carbocycles. The second kappa shape index (κ2) is 7.19. The van der Waals surface area contributed by atoms with E-state index >= 15 is 0 Å². The summed E-state index contributed by atoms with van der Waals surface area (Å²) in [5.41, 5.74) is 0.727. The lowest BCUT2D eigenvalue weighted by molar-refractivity contribution is 0.0145. The molecule has 0 bridgehead atoms.